The number of amides is 1. The molecule has 102 valence electrons. The summed E-state index contributed by atoms with van der Waals surface area (Å²) in [6, 6.07) is 14.0. The summed E-state index contributed by atoms with van der Waals surface area (Å²) in [5.74, 6) is -0.0877. The van der Waals surface area contributed by atoms with E-state index < -0.39 is 0 Å². The summed E-state index contributed by atoms with van der Waals surface area (Å²) in [6.45, 7) is 3.70. The Kier molecular flexibility index (Phi) is 4.15. The minimum atomic E-state index is -0.256. The molecular formula is C16H16N2O2. The molecule has 0 aliphatic rings. The van der Waals surface area contributed by atoms with Crippen LogP contribution in [0.2, 0.25) is 0 Å². The van der Waals surface area contributed by atoms with E-state index in [0.29, 0.717) is 11.3 Å². The smallest absolute Gasteiger partial charge is 0.271 e. The molecule has 4 heteroatoms. The van der Waals surface area contributed by atoms with Crippen molar-refractivity contribution >= 4 is 11.6 Å². The molecule has 0 bridgehead atoms. The maximum Gasteiger partial charge on any atom is 0.271 e. The first-order valence-corrected chi connectivity index (χ1v) is 6.27. The minimum Gasteiger partial charge on any atom is -0.508 e. The van der Waals surface area contributed by atoms with Crippen molar-refractivity contribution in [1.29, 1.82) is 0 Å². The van der Waals surface area contributed by atoms with Gasteiger partial charge in [0, 0.05) is 11.1 Å². The number of carbonyl (C=O) groups is 1. The molecule has 0 aromatic heterocycles. The molecule has 2 N–H and O–H groups in total. The van der Waals surface area contributed by atoms with Gasteiger partial charge >= 0.3 is 0 Å². The van der Waals surface area contributed by atoms with E-state index in [4.69, 9.17) is 0 Å². The van der Waals surface area contributed by atoms with Gasteiger partial charge in [0.05, 0.1) is 5.71 Å². The number of nitrogens with zero attached hydrogens (tertiary/aromatic N) is 1. The average molecular weight is 268 g/mol. The number of hydrazone groups is 1. The SMILES string of the molecule is C/C(=N/NC(=O)c1cccc(C)c1)c1cccc(O)c1. The number of benzene rings is 2. The number of hydrogen-bond acceptors (Lipinski definition) is 3. The van der Waals surface area contributed by atoms with Crippen LogP contribution in [0, 0.1) is 6.92 Å². The van der Waals surface area contributed by atoms with E-state index in [9.17, 15) is 9.90 Å². The first-order valence-electron chi connectivity index (χ1n) is 6.27. The Morgan fingerprint density at radius 2 is 1.80 bits per heavy atom. The first kappa shape index (κ1) is 13.8. The van der Waals surface area contributed by atoms with Crippen molar-refractivity contribution in [1.82, 2.24) is 5.43 Å². The second kappa shape index (κ2) is 6.02. The number of carbonyl (C=O) groups excluding carboxylic acids is 1. The van der Waals surface area contributed by atoms with E-state index in [1.807, 2.05) is 25.1 Å². The summed E-state index contributed by atoms with van der Waals surface area (Å²) in [6.07, 6.45) is 0. The van der Waals surface area contributed by atoms with E-state index in [2.05, 4.69) is 10.5 Å². The van der Waals surface area contributed by atoms with E-state index in [-0.39, 0.29) is 11.7 Å². The molecule has 0 aliphatic heterocycles. The largest absolute Gasteiger partial charge is 0.508 e. The molecule has 0 fully saturated rings. The number of nitrogens with one attached hydrogen (secondary N) is 1. The van der Waals surface area contributed by atoms with Crippen molar-refractivity contribution in [2.45, 2.75) is 13.8 Å². The lowest BCUT2D eigenvalue weighted by Crippen LogP contribution is -2.19. The maximum atomic E-state index is 11.9. The number of phenols is 1. The van der Waals surface area contributed by atoms with Crippen LogP contribution >= 0.6 is 0 Å². The summed E-state index contributed by atoms with van der Waals surface area (Å²) >= 11 is 0. The molecule has 2 rings (SSSR count). The molecule has 0 saturated heterocycles. The third-order valence-electron chi connectivity index (χ3n) is 2.87. The number of hydrogen-bond donors (Lipinski definition) is 2. The molecular weight excluding hydrogens is 252 g/mol. The highest BCUT2D eigenvalue weighted by atomic mass is 16.3. The van der Waals surface area contributed by atoms with Gasteiger partial charge < -0.3 is 5.11 Å². The Hall–Kier alpha value is -2.62. The summed E-state index contributed by atoms with van der Waals surface area (Å²) < 4.78 is 0. The van der Waals surface area contributed by atoms with Gasteiger partial charge in [-0.05, 0) is 38.1 Å². The average Bonchev–Trinajstić information content (AvgIpc) is 2.44. The highest BCUT2D eigenvalue weighted by Gasteiger charge is 2.05. The number of aryl methyl sites for hydroxylation is 1. The predicted molar refractivity (Wildman–Crippen MR) is 79.0 cm³/mol. The molecule has 0 spiro atoms. The molecule has 0 saturated carbocycles. The van der Waals surface area contributed by atoms with Gasteiger partial charge in [0.25, 0.3) is 5.91 Å². The van der Waals surface area contributed by atoms with Crippen LogP contribution in [-0.4, -0.2) is 16.7 Å². The highest BCUT2D eigenvalue weighted by molar-refractivity contribution is 6.01. The monoisotopic (exact) mass is 268 g/mol. The fraction of sp³-hybridized carbons (Fsp3) is 0.125. The van der Waals surface area contributed by atoms with Crippen LogP contribution in [-0.2, 0) is 0 Å². The van der Waals surface area contributed by atoms with Crippen molar-refractivity contribution in [2.75, 3.05) is 0 Å². The zero-order valence-electron chi connectivity index (χ0n) is 11.4. The Labute approximate surface area is 117 Å². The minimum absolute atomic E-state index is 0.169. The van der Waals surface area contributed by atoms with Crippen LogP contribution in [0.3, 0.4) is 0 Å². The molecule has 0 heterocycles. The second-order valence-electron chi connectivity index (χ2n) is 4.56. The third kappa shape index (κ3) is 3.45. The Bertz CT molecular complexity index is 663. The molecule has 0 atom stereocenters. The van der Waals surface area contributed by atoms with Crippen LogP contribution in [0.1, 0.15) is 28.4 Å². The van der Waals surface area contributed by atoms with E-state index in [1.165, 1.54) is 0 Å². The summed E-state index contributed by atoms with van der Waals surface area (Å²) in [7, 11) is 0. The highest BCUT2D eigenvalue weighted by Crippen LogP contribution is 2.11. The third-order valence-corrected chi connectivity index (χ3v) is 2.87. The number of rotatable bonds is 3. The fourth-order valence-corrected chi connectivity index (χ4v) is 1.78. The molecule has 0 aliphatic carbocycles. The molecule has 0 radical (unpaired) electrons. The number of phenolic OH excluding ortho intramolecular Hbond substituents is 1. The molecule has 2 aromatic carbocycles. The Balaban J connectivity index is 2.11. The lowest BCUT2D eigenvalue weighted by atomic mass is 10.1. The van der Waals surface area contributed by atoms with Crippen LogP contribution < -0.4 is 5.43 Å². The van der Waals surface area contributed by atoms with Gasteiger partial charge in [-0.2, -0.15) is 5.10 Å². The van der Waals surface area contributed by atoms with Gasteiger partial charge in [-0.25, -0.2) is 5.43 Å². The molecule has 1 amide bonds. The van der Waals surface area contributed by atoms with Gasteiger partial charge in [-0.3, -0.25) is 4.79 Å². The number of aromatic hydroxyl groups is 1. The molecule has 4 nitrogen and oxygen atoms in total. The Morgan fingerprint density at radius 1 is 1.10 bits per heavy atom. The fourth-order valence-electron chi connectivity index (χ4n) is 1.78. The lowest BCUT2D eigenvalue weighted by Gasteiger charge is -2.04. The quantitative estimate of drug-likeness (QED) is 0.664. The topological polar surface area (TPSA) is 61.7 Å². The summed E-state index contributed by atoms with van der Waals surface area (Å²) in [5, 5.41) is 13.5. The second-order valence-corrected chi connectivity index (χ2v) is 4.56. The van der Waals surface area contributed by atoms with Gasteiger partial charge in [-0.15, -0.1) is 0 Å². The standard InChI is InChI=1S/C16H16N2O2/c1-11-5-3-7-14(9-11)16(20)18-17-12(2)13-6-4-8-15(19)10-13/h3-10,19H,1-2H3,(H,18,20)/b17-12-. The van der Waals surface area contributed by atoms with Crippen LogP contribution in [0.5, 0.6) is 5.75 Å². The van der Waals surface area contributed by atoms with Crippen LogP contribution in [0.15, 0.2) is 53.6 Å². The molecule has 2 aromatic rings. The zero-order chi connectivity index (χ0) is 14.5. The van der Waals surface area contributed by atoms with E-state index in [0.717, 1.165) is 11.1 Å². The molecule has 0 unspecified atom stereocenters. The van der Waals surface area contributed by atoms with Gasteiger partial charge in [0.2, 0.25) is 0 Å². The lowest BCUT2D eigenvalue weighted by molar-refractivity contribution is 0.0954. The zero-order valence-corrected chi connectivity index (χ0v) is 11.4. The van der Waals surface area contributed by atoms with Crippen LogP contribution in [0.25, 0.3) is 0 Å². The van der Waals surface area contributed by atoms with Gasteiger partial charge in [0.15, 0.2) is 0 Å². The molecule has 20 heavy (non-hydrogen) atoms. The first-order chi connectivity index (χ1) is 9.56. The Morgan fingerprint density at radius 3 is 2.50 bits per heavy atom. The van der Waals surface area contributed by atoms with E-state index in [1.54, 1.807) is 37.3 Å². The summed E-state index contributed by atoms with van der Waals surface area (Å²) in [5.41, 5.74) is 5.48. The van der Waals surface area contributed by atoms with Crippen molar-refractivity contribution < 1.29 is 9.90 Å². The maximum absolute atomic E-state index is 11.9. The van der Waals surface area contributed by atoms with Crippen molar-refractivity contribution in [2.24, 2.45) is 5.10 Å². The normalized spacial score (nSPS) is 11.2. The van der Waals surface area contributed by atoms with Crippen LogP contribution in [0.4, 0.5) is 0 Å². The summed E-state index contributed by atoms with van der Waals surface area (Å²) in [4.78, 5) is 11.9. The van der Waals surface area contributed by atoms with Crippen molar-refractivity contribution in [3.8, 4) is 5.75 Å². The van der Waals surface area contributed by atoms with Crippen molar-refractivity contribution in [3.63, 3.8) is 0 Å². The van der Waals surface area contributed by atoms with E-state index >= 15 is 0 Å². The van der Waals surface area contributed by atoms with Gasteiger partial charge in [0.1, 0.15) is 5.75 Å². The predicted octanol–water partition coefficient (Wildman–Crippen LogP) is 2.85. The van der Waals surface area contributed by atoms with Crippen molar-refractivity contribution in [3.05, 3.63) is 65.2 Å². The van der Waals surface area contributed by atoms with Gasteiger partial charge in [-0.1, -0.05) is 29.8 Å².